The summed E-state index contributed by atoms with van der Waals surface area (Å²) in [6.07, 6.45) is 0. The molecule has 0 unspecified atom stereocenters. The lowest BCUT2D eigenvalue weighted by atomic mass is 9.79. The molecule has 0 fully saturated rings. The molecular formula is C38H22N2O4. The Hall–Kier alpha value is -6.14. The summed E-state index contributed by atoms with van der Waals surface area (Å²) < 4.78 is 0. The summed E-state index contributed by atoms with van der Waals surface area (Å²) >= 11 is 0. The molecule has 6 aromatic carbocycles. The lowest BCUT2D eigenvalue weighted by Crippen LogP contribution is -2.44. The predicted octanol–water partition coefficient (Wildman–Crippen LogP) is 7.78. The van der Waals surface area contributed by atoms with Gasteiger partial charge in [-0.1, -0.05) is 97.1 Å². The first kappa shape index (κ1) is 25.6. The Morgan fingerprint density at radius 3 is 1.00 bits per heavy atom. The molecule has 0 saturated heterocycles. The maximum atomic E-state index is 14.5. The molecule has 6 aromatic rings. The summed E-state index contributed by atoms with van der Waals surface area (Å²) in [5.41, 5.74) is 4.41. The van der Waals surface area contributed by atoms with E-state index in [9.17, 15) is 19.2 Å². The zero-order valence-corrected chi connectivity index (χ0v) is 23.2. The van der Waals surface area contributed by atoms with E-state index in [1.54, 1.807) is 60.7 Å². The molecule has 0 saturated carbocycles. The van der Waals surface area contributed by atoms with E-state index in [-0.39, 0.29) is 22.3 Å². The van der Waals surface area contributed by atoms with E-state index in [0.29, 0.717) is 44.4 Å². The highest BCUT2D eigenvalue weighted by molar-refractivity contribution is 6.44. The van der Waals surface area contributed by atoms with E-state index >= 15 is 0 Å². The van der Waals surface area contributed by atoms with Crippen LogP contribution in [0.1, 0.15) is 41.4 Å². The Morgan fingerprint density at radius 1 is 0.341 bits per heavy atom. The van der Waals surface area contributed by atoms with Crippen molar-refractivity contribution >= 4 is 45.8 Å². The van der Waals surface area contributed by atoms with Crippen LogP contribution in [0.25, 0.3) is 33.0 Å². The molecule has 6 nitrogen and oxygen atoms in total. The van der Waals surface area contributed by atoms with E-state index in [1.165, 1.54) is 9.80 Å². The second-order valence-corrected chi connectivity index (χ2v) is 10.7. The fraction of sp³-hybridized carbons (Fsp3) is 0. The summed E-state index contributed by atoms with van der Waals surface area (Å²) in [5, 5.41) is 0.653. The van der Waals surface area contributed by atoms with Crippen molar-refractivity contribution in [3.63, 3.8) is 0 Å². The molecule has 208 valence electrons. The molecule has 2 aliphatic rings. The van der Waals surface area contributed by atoms with Gasteiger partial charge in [0.1, 0.15) is 0 Å². The number of para-hydroxylation sites is 2. The van der Waals surface area contributed by atoms with Crippen LogP contribution in [0.4, 0.5) is 11.4 Å². The van der Waals surface area contributed by atoms with Crippen LogP contribution in [0, 0.1) is 0 Å². The number of nitrogens with zero attached hydrogens (tertiary/aromatic N) is 2. The first-order valence-corrected chi connectivity index (χ1v) is 14.2. The molecule has 44 heavy (non-hydrogen) atoms. The van der Waals surface area contributed by atoms with Gasteiger partial charge in [-0.3, -0.25) is 19.2 Å². The third-order valence-corrected chi connectivity index (χ3v) is 8.30. The lowest BCUT2D eigenvalue weighted by molar-refractivity contribution is 0.0873. The van der Waals surface area contributed by atoms with Gasteiger partial charge < -0.3 is 0 Å². The molecule has 6 heteroatoms. The first-order valence-electron chi connectivity index (χ1n) is 14.2. The topological polar surface area (TPSA) is 74.8 Å². The maximum absolute atomic E-state index is 14.5. The molecule has 0 aliphatic carbocycles. The van der Waals surface area contributed by atoms with Gasteiger partial charge in [0.15, 0.2) is 0 Å². The smallest absolute Gasteiger partial charge is 0.266 e. The molecule has 2 heterocycles. The average molecular weight is 571 g/mol. The van der Waals surface area contributed by atoms with Crippen LogP contribution >= 0.6 is 0 Å². The Balaban J connectivity index is 1.54. The third kappa shape index (κ3) is 3.61. The molecule has 0 aromatic heterocycles. The van der Waals surface area contributed by atoms with E-state index in [2.05, 4.69) is 0 Å². The minimum atomic E-state index is -0.515. The van der Waals surface area contributed by atoms with Crippen molar-refractivity contribution in [1.82, 2.24) is 0 Å². The normalized spacial score (nSPS) is 14.0. The number of hydrogen-bond donors (Lipinski definition) is 0. The van der Waals surface area contributed by atoms with Crippen molar-refractivity contribution in [2.45, 2.75) is 0 Å². The molecule has 0 N–H and O–H groups in total. The summed E-state index contributed by atoms with van der Waals surface area (Å²) in [7, 11) is 0. The Kier molecular flexibility index (Phi) is 5.64. The van der Waals surface area contributed by atoms with E-state index < -0.39 is 23.6 Å². The highest BCUT2D eigenvalue weighted by Gasteiger charge is 2.43. The summed E-state index contributed by atoms with van der Waals surface area (Å²) in [6, 6.07) is 39.7. The van der Waals surface area contributed by atoms with Crippen molar-refractivity contribution in [3.05, 3.63) is 156 Å². The van der Waals surface area contributed by atoms with Gasteiger partial charge in [-0.2, -0.15) is 0 Å². The van der Waals surface area contributed by atoms with Gasteiger partial charge in [0.2, 0.25) is 0 Å². The van der Waals surface area contributed by atoms with Crippen LogP contribution in [0.5, 0.6) is 0 Å². The van der Waals surface area contributed by atoms with E-state index in [4.69, 9.17) is 0 Å². The zero-order chi connectivity index (χ0) is 29.9. The number of carbonyl (C=O) groups is 4. The summed E-state index contributed by atoms with van der Waals surface area (Å²) in [6.45, 7) is 0. The van der Waals surface area contributed by atoms with Crippen LogP contribution in [-0.2, 0) is 0 Å². The number of rotatable bonds is 4. The highest BCUT2D eigenvalue weighted by atomic mass is 16.2. The van der Waals surface area contributed by atoms with Crippen molar-refractivity contribution in [1.29, 1.82) is 0 Å². The maximum Gasteiger partial charge on any atom is 0.266 e. The molecule has 4 amide bonds. The van der Waals surface area contributed by atoms with Crippen LogP contribution < -0.4 is 9.80 Å². The van der Waals surface area contributed by atoms with Crippen molar-refractivity contribution in [2.24, 2.45) is 0 Å². The van der Waals surface area contributed by atoms with Crippen LogP contribution in [0.3, 0.4) is 0 Å². The van der Waals surface area contributed by atoms with E-state index in [1.807, 2.05) is 72.8 Å². The number of hydrogen-bond acceptors (Lipinski definition) is 4. The number of imide groups is 2. The molecule has 8 rings (SSSR count). The lowest BCUT2D eigenvalue weighted by Gasteiger charge is -2.34. The van der Waals surface area contributed by atoms with Gasteiger partial charge in [0, 0.05) is 21.9 Å². The summed E-state index contributed by atoms with van der Waals surface area (Å²) in [5.74, 6) is -2.05. The largest absolute Gasteiger partial charge is 0.268 e. The highest BCUT2D eigenvalue weighted by Crippen LogP contribution is 2.47. The molecule has 0 radical (unpaired) electrons. The van der Waals surface area contributed by atoms with Gasteiger partial charge >= 0.3 is 0 Å². The van der Waals surface area contributed by atoms with Crippen molar-refractivity contribution in [2.75, 3.05) is 9.80 Å². The number of anilines is 2. The standard InChI is InChI=1S/C38H22N2O4/c41-35-29-21-27(23-13-5-1-6-14-23)33-31-30(36(42)39(37(33)43)25-17-9-3-10-18-25)22-28(24-15-7-2-8-16-24)34(32(29)31)38(44)40(35)26-19-11-4-12-20-26/h1-22H. The van der Waals surface area contributed by atoms with Gasteiger partial charge in [0.05, 0.1) is 22.5 Å². The first-order chi connectivity index (χ1) is 21.5. The van der Waals surface area contributed by atoms with Crippen molar-refractivity contribution < 1.29 is 19.2 Å². The molecular weight excluding hydrogens is 548 g/mol. The summed E-state index contributed by atoms with van der Waals surface area (Å²) in [4.78, 5) is 60.0. The zero-order valence-electron chi connectivity index (χ0n) is 23.2. The number of benzene rings is 6. The Bertz CT molecular complexity index is 2020. The minimum Gasteiger partial charge on any atom is -0.268 e. The molecule has 0 spiro atoms. The molecule has 2 aliphatic heterocycles. The SMILES string of the molecule is O=C1c2cc(-c3ccccc3)c3c4c(cc(-c5ccccc5)c(c24)C(=O)N1c1ccccc1)C(=O)N(c1ccccc1)C3=O. The molecule has 0 atom stereocenters. The monoisotopic (exact) mass is 570 g/mol. The van der Waals surface area contributed by atoms with Crippen molar-refractivity contribution in [3.8, 4) is 22.3 Å². The van der Waals surface area contributed by atoms with Gasteiger partial charge in [-0.05, 0) is 58.7 Å². The Morgan fingerprint density at radius 2 is 0.659 bits per heavy atom. The fourth-order valence-electron chi connectivity index (χ4n) is 6.38. The van der Waals surface area contributed by atoms with Gasteiger partial charge in [-0.15, -0.1) is 0 Å². The number of amides is 4. The third-order valence-electron chi connectivity index (χ3n) is 8.30. The van der Waals surface area contributed by atoms with Crippen LogP contribution in [-0.4, -0.2) is 23.6 Å². The Labute approximate surface area is 252 Å². The van der Waals surface area contributed by atoms with Gasteiger partial charge in [-0.25, -0.2) is 9.80 Å². The fourth-order valence-corrected chi connectivity index (χ4v) is 6.38. The average Bonchev–Trinajstić information content (AvgIpc) is 3.07. The second kappa shape index (κ2) is 9.71. The second-order valence-electron chi connectivity index (χ2n) is 10.7. The number of carbonyl (C=O) groups excluding carboxylic acids is 4. The minimum absolute atomic E-state index is 0.258. The van der Waals surface area contributed by atoms with Crippen LogP contribution in [0.15, 0.2) is 133 Å². The van der Waals surface area contributed by atoms with Gasteiger partial charge in [0.25, 0.3) is 23.6 Å². The predicted molar refractivity (Wildman–Crippen MR) is 170 cm³/mol. The molecule has 0 bridgehead atoms. The van der Waals surface area contributed by atoms with E-state index in [0.717, 1.165) is 0 Å². The quantitative estimate of drug-likeness (QED) is 0.203. The van der Waals surface area contributed by atoms with Crippen LogP contribution in [0.2, 0.25) is 0 Å².